The van der Waals surface area contributed by atoms with Crippen LogP contribution in [0.15, 0.2) is 28.7 Å². The van der Waals surface area contributed by atoms with Gasteiger partial charge in [0, 0.05) is 9.50 Å². The van der Waals surface area contributed by atoms with E-state index in [9.17, 15) is 0 Å². The molecule has 0 fully saturated rings. The smallest absolute Gasteiger partial charge is 0.0417 e. The zero-order chi connectivity index (χ0) is 9.68. The van der Waals surface area contributed by atoms with E-state index in [-0.39, 0.29) is 0 Å². The fourth-order valence-corrected chi connectivity index (χ4v) is 1.89. The second kappa shape index (κ2) is 5.74. The average Bonchev–Trinajstić information content (AvgIpc) is 2.09. The number of halogens is 2. The van der Waals surface area contributed by atoms with Crippen molar-refractivity contribution in [2.45, 2.75) is 6.42 Å². The molecule has 0 aliphatic rings. The summed E-state index contributed by atoms with van der Waals surface area (Å²) in [6.07, 6.45) is 5.15. The van der Waals surface area contributed by atoms with Crippen LogP contribution in [0.5, 0.6) is 0 Å². The first-order valence-corrected chi connectivity index (χ1v) is 5.77. The van der Waals surface area contributed by atoms with E-state index in [1.165, 1.54) is 0 Å². The Hall–Kier alpha value is 0.0800. The summed E-state index contributed by atoms with van der Waals surface area (Å²) in [6, 6.07) is 5.76. The molecule has 0 spiro atoms. The first kappa shape index (κ1) is 11.2. The second-order valence-electron chi connectivity index (χ2n) is 2.58. The van der Waals surface area contributed by atoms with E-state index in [1.54, 1.807) is 0 Å². The Morgan fingerprint density at radius 3 is 2.85 bits per heavy atom. The Kier molecular flexibility index (Phi) is 4.92. The van der Waals surface area contributed by atoms with E-state index in [1.807, 2.05) is 18.2 Å². The van der Waals surface area contributed by atoms with Gasteiger partial charge in [-0.3, -0.25) is 0 Å². The molecule has 0 saturated carbocycles. The van der Waals surface area contributed by atoms with Gasteiger partial charge in [0.2, 0.25) is 0 Å². The van der Waals surface area contributed by atoms with Gasteiger partial charge in [-0.05, 0) is 29.9 Å². The minimum Gasteiger partial charge on any atom is -0.179 e. The third-order valence-electron chi connectivity index (χ3n) is 1.56. The first-order valence-electron chi connectivity index (χ1n) is 3.96. The third kappa shape index (κ3) is 3.75. The first-order chi connectivity index (χ1) is 6.24. The molecular weight excluding hydrogens is 268 g/mol. The van der Waals surface area contributed by atoms with Crippen LogP contribution in [0.1, 0.15) is 12.0 Å². The monoisotopic (exact) mass is 276 g/mol. The maximum Gasteiger partial charge on any atom is 0.0417 e. The molecule has 70 valence electrons. The van der Waals surface area contributed by atoms with Crippen molar-refractivity contribution in [3.63, 3.8) is 0 Å². The molecule has 0 radical (unpaired) electrons. The van der Waals surface area contributed by atoms with Gasteiger partial charge in [0.25, 0.3) is 0 Å². The van der Waals surface area contributed by atoms with Crippen molar-refractivity contribution >= 4 is 46.2 Å². The fraction of sp³-hybridized carbons (Fsp3) is 0.200. The summed E-state index contributed by atoms with van der Waals surface area (Å²) in [5, 5.41) is 0.748. The number of thiol groups is 1. The van der Waals surface area contributed by atoms with Gasteiger partial charge in [0.1, 0.15) is 0 Å². The van der Waals surface area contributed by atoms with Gasteiger partial charge in [0.15, 0.2) is 0 Å². The van der Waals surface area contributed by atoms with E-state index < -0.39 is 0 Å². The highest BCUT2D eigenvalue weighted by Gasteiger charge is 1.95. The zero-order valence-electron chi connectivity index (χ0n) is 7.00. The molecule has 1 rings (SSSR count). The van der Waals surface area contributed by atoms with Gasteiger partial charge in [-0.2, -0.15) is 12.6 Å². The van der Waals surface area contributed by atoms with Crippen LogP contribution >= 0.6 is 40.2 Å². The van der Waals surface area contributed by atoms with Crippen molar-refractivity contribution in [2.24, 2.45) is 0 Å². The van der Waals surface area contributed by atoms with E-state index in [2.05, 4.69) is 40.7 Å². The number of rotatable bonds is 3. The Morgan fingerprint density at radius 1 is 1.46 bits per heavy atom. The van der Waals surface area contributed by atoms with Crippen LogP contribution in [0.25, 0.3) is 6.08 Å². The highest BCUT2D eigenvalue weighted by molar-refractivity contribution is 9.10. The largest absolute Gasteiger partial charge is 0.179 e. The topological polar surface area (TPSA) is 0 Å². The van der Waals surface area contributed by atoms with Crippen LogP contribution in [0, 0.1) is 0 Å². The van der Waals surface area contributed by atoms with Crippen LogP contribution in [0.2, 0.25) is 5.02 Å². The van der Waals surface area contributed by atoms with Gasteiger partial charge >= 0.3 is 0 Å². The third-order valence-corrected chi connectivity index (χ3v) is 2.74. The Morgan fingerprint density at radius 2 is 2.23 bits per heavy atom. The van der Waals surface area contributed by atoms with Crippen molar-refractivity contribution in [2.75, 3.05) is 5.75 Å². The van der Waals surface area contributed by atoms with Crippen LogP contribution in [0.4, 0.5) is 0 Å². The lowest BCUT2D eigenvalue weighted by atomic mass is 10.2. The molecule has 0 heterocycles. The summed E-state index contributed by atoms with van der Waals surface area (Å²) in [7, 11) is 0. The Balaban J connectivity index is 2.77. The summed E-state index contributed by atoms with van der Waals surface area (Å²) in [5.74, 6) is 0.877. The minimum absolute atomic E-state index is 0.748. The predicted octanol–water partition coefficient (Wildman–Crippen LogP) is 4.44. The normalized spacial score (nSPS) is 11.0. The van der Waals surface area contributed by atoms with Gasteiger partial charge in [-0.25, -0.2) is 0 Å². The molecular formula is C10H10BrClS. The van der Waals surface area contributed by atoms with E-state index in [0.717, 1.165) is 27.2 Å². The van der Waals surface area contributed by atoms with Crippen LogP contribution in [-0.4, -0.2) is 5.75 Å². The van der Waals surface area contributed by atoms with Crippen LogP contribution in [-0.2, 0) is 0 Å². The van der Waals surface area contributed by atoms with Crippen LogP contribution < -0.4 is 0 Å². The van der Waals surface area contributed by atoms with Gasteiger partial charge in [-0.15, -0.1) is 0 Å². The lowest BCUT2D eigenvalue weighted by Crippen LogP contribution is -1.75. The van der Waals surface area contributed by atoms with Gasteiger partial charge in [0.05, 0.1) is 0 Å². The maximum absolute atomic E-state index is 5.81. The number of hydrogen-bond donors (Lipinski definition) is 1. The molecule has 0 aliphatic carbocycles. The van der Waals surface area contributed by atoms with Crippen molar-refractivity contribution in [3.05, 3.63) is 39.3 Å². The predicted molar refractivity (Wildman–Crippen MR) is 66.7 cm³/mol. The Bertz CT molecular complexity index is 310. The van der Waals surface area contributed by atoms with E-state index >= 15 is 0 Å². The molecule has 0 N–H and O–H groups in total. The quantitative estimate of drug-likeness (QED) is 0.776. The summed E-state index contributed by atoms with van der Waals surface area (Å²) < 4.78 is 1.02. The van der Waals surface area contributed by atoms with Crippen molar-refractivity contribution in [3.8, 4) is 0 Å². The van der Waals surface area contributed by atoms with Crippen molar-refractivity contribution in [1.82, 2.24) is 0 Å². The van der Waals surface area contributed by atoms with Crippen molar-refractivity contribution in [1.29, 1.82) is 0 Å². The average molecular weight is 278 g/mol. The SMILES string of the molecule is SCCC=Cc1ccc(Cl)cc1Br. The molecule has 0 saturated heterocycles. The van der Waals surface area contributed by atoms with Crippen LogP contribution in [0.3, 0.4) is 0 Å². The summed E-state index contributed by atoms with van der Waals surface area (Å²) in [4.78, 5) is 0. The molecule has 0 amide bonds. The standard InChI is InChI=1S/C10H10BrClS/c11-10-7-9(12)5-4-8(10)3-1-2-6-13/h1,3-5,7,13H,2,6H2. The molecule has 0 bridgehead atoms. The fourth-order valence-electron chi connectivity index (χ4n) is 0.922. The molecule has 3 heteroatoms. The Labute approximate surface area is 97.5 Å². The van der Waals surface area contributed by atoms with Crippen molar-refractivity contribution < 1.29 is 0 Å². The van der Waals surface area contributed by atoms with E-state index in [0.29, 0.717) is 0 Å². The van der Waals surface area contributed by atoms with Gasteiger partial charge < -0.3 is 0 Å². The summed E-state index contributed by atoms with van der Waals surface area (Å²) in [5.41, 5.74) is 1.14. The van der Waals surface area contributed by atoms with E-state index in [4.69, 9.17) is 11.6 Å². The van der Waals surface area contributed by atoms with Gasteiger partial charge in [-0.1, -0.05) is 45.7 Å². The summed E-state index contributed by atoms with van der Waals surface area (Å²) in [6.45, 7) is 0. The lowest BCUT2D eigenvalue weighted by Gasteiger charge is -1.98. The molecule has 0 atom stereocenters. The summed E-state index contributed by atoms with van der Waals surface area (Å²) >= 11 is 13.4. The molecule has 0 nitrogen and oxygen atoms in total. The molecule has 1 aromatic rings. The number of allylic oxidation sites excluding steroid dienone is 1. The highest BCUT2D eigenvalue weighted by Crippen LogP contribution is 2.22. The molecule has 0 aromatic heterocycles. The maximum atomic E-state index is 5.81. The lowest BCUT2D eigenvalue weighted by molar-refractivity contribution is 1.26. The number of benzene rings is 1. The zero-order valence-corrected chi connectivity index (χ0v) is 10.2. The second-order valence-corrected chi connectivity index (χ2v) is 4.32. The number of hydrogen-bond acceptors (Lipinski definition) is 1. The molecule has 13 heavy (non-hydrogen) atoms. The minimum atomic E-state index is 0.748. The highest BCUT2D eigenvalue weighted by atomic mass is 79.9. The molecule has 0 unspecified atom stereocenters. The molecule has 0 aliphatic heterocycles. The molecule has 1 aromatic carbocycles.